The summed E-state index contributed by atoms with van der Waals surface area (Å²) < 4.78 is 0. The van der Waals surface area contributed by atoms with Crippen LogP contribution in [-0.2, 0) is 6.42 Å². The van der Waals surface area contributed by atoms with Gasteiger partial charge in [0.05, 0.1) is 11.3 Å². The van der Waals surface area contributed by atoms with Gasteiger partial charge in [0, 0.05) is 11.8 Å². The van der Waals surface area contributed by atoms with E-state index in [1.165, 1.54) is 11.1 Å². The van der Waals surface area contributed by atoms with Crippen LogP contribution in [0.3, 0.4) is 0 Å². The van der Waals surface area contributed by atoms with E-state index in [1.54, 1.807) is 0 Å². The number of aromatic nitrogens is 1. The lowest BCUT2D eigenvalue weighted by atomic mass is 9.95. The summed E-state index contributed by atoms with van der Waals surface area (Å²) in [5, 5.41) is 0. The van der Waals surface area contributed by atoms with E-state index in [1.807, 2.05) is 60.8 Å². The average molecular weight is 386 g/mol. The lowest BCUT2D eigenvalue weighted by molar-refractivity contribution is 1.10. The predicted molar refractivity (Wildman–Crippen MR) is 126 cm³/mol. The number of aryl methyl sites for hydroxylation is 1. The van der Waals surface area contributed by atoms with Crippen molar-refractivity contribution in [1.82, 2.24) is 4.98 Å². The van der Waals surface area contributed by atoms with Crippen LogP contribution in [0.1, 0.15) is 39.1 Å². The summed E-state index contributed by atoms with van der Waals surface area (Å²) in [5.41, 5.74) is 7.70. The predicted octanol–water partition coefficient (Wildman–Crippen LogP) is 6.55. The maximum Gasteiger partial charge on any atom is 0.0789 e. The number of pyridine rings is 1. The molecule has 30 heavy (non-hydrogen) atoms. The summed E-state index contributed by atoms with van der Waals surface area (Å²) in [4.78, 5) is 4.72. The lowest BCUT2D eigenvalue weighted by Crippen LogP contribution is -2.01. The summed E-state index contributed by atoms with van der Waals surface area (Å²) in [7, 11) is 0. The molecule has 1 heterocycles. The summed E-state index contributed by atoms with van der Waals surface area (Å²) in [5.74, 6) is 6.76. The fourth-order valence-electron chi connectivity index (χ4n) is 3.35. The zero-order chi connectivity index (χ0) is 20.6. The van der Waals surface area contributed by atoms with Crippen molar-refractivity contribution in [2.45, 2.75) is 13.3 Å². The molecule has 144 valence electrons. The topological polar surface area (TPSA) is 12.9 Å². The highest BCUT2D eigenvalue weighted by atomic mass is 14.7. The Labute approximate surface area is 178 Å². The summed E-state index contributed by atoms with van der Waals surface area (Å²) in [6, 6.07) is 30.9. The van der Waals surface area contributed by atoms with Crippen LogP contribution in [0.2, 0.25) is 0 Å². The summed E-state index contributed by atoms with van der Waals surface area (Å²) in [6.45, 7) is 2.11. The minimum absolute atomic E-state index is 0.834. The van der Waals surface area contributed by atoms with Gasteiger partial charge in [0.25, 0.3) is 0 Å². The maximum atomic E-state index is 4.72. The molecule has 0 aliphatic rings. The minimum Gasteiger partial charge on any atom is -0.255 e. The van der Waals surface area contributed by atoms with Crippen molar-refractivity contribution in [2.75, 3.05) is 0 Å². The average Bonchev–Trinajstić information content (AvgIpc) is 2.81. The molecule has 1 heteroatoms. The molecule has 0 radical (unpaired) electrons. The van der Waals surface area contributed by atoms with Gasteiger partial charge in [0.2, 0.25) is 0 Å². The van der Waals surface area contributed by atoms with E-state index in [2.05, 4.69) is 67.3 Å². The molecular formula is C29H23N. The summed E-state index contributed by atoms with van der Waals surface area (Å²) in [6.07, 6.45) is 6.95. The van der Waals surface area contributed by atoms with Gasteiger partial charge in [-0.05, 0) is 53.8 Å². The Balaban J connectivity index is 1.80. The van der Waals surface area contributed by atoms with Gasteiger partial charge in [-0.15, -0.1) is 0 Å². The quantitative estimate of drug-likeness (QED) is 0.363. The monoisotopic (exact) mass is 385 g/mol. The Kier molecular flexibility index (Phi) is 6.18. The molecular weight excluding hydrogens is 362 g/mol. The smallest absolute Gasteiger partial charge is 0.0789 e. The van der Waals surface area contributed by atoms with Crippen molar-refractivity contribution < 1.29 is 0 Å². The molecule has 4 aromatic rings. The molecule has 0 unspecified atom stereocenters. The van der Waals surface area contributed by atoms with Crippen LogP contribution in [0.4, 0.5) is 0 Å². The Morgan fingerprint density at radius 1 is 0.733 bits per heavy atom. The van der Waals surface area contributed by atoms with Crippen LogP contribution in [0.5, 0.6) is 0 Å². The van der Waals surface area contributed by atoms with Crippen LogP contribution >= 0.6 is 0 Å². The first-order valence-electron chi connectivity index (χ1n) is 10.1. The first-order chi connectivity index (χ1) is 14.8. The van der Waals surface area contributed by atoms with Crippen LogP contribution in [0, 0.1) is 18.8 Å². The highest BCUT2D eigenvalue weighted by molar-refractivity contribution is 5.72. The second-order valence-electron chi connectivity index (χ2n) is 7.20. The maximum absolute atomic E-state index is 4.72. The molecule has 4 rings (SSSR count). The number of hydrogen-bond donors (Lipinski definition) is 0. The van der Waals surface area contributed by atoms with Crippen LogP contribution in [0.15, 0.2) is 97.2 Å². The van der Waals surface area contributed by atoms with Gasteiger partial charge in [0.15, 0.2) is 0 Å². The number of hydrogen-bond acceptors (Lipinski definition) is 1. The van der Waals surface area contributed by atoms with Gasteiger partial charge in [-0.1, -0.05) is 96.8 Å². The molecule has 0 saturated heterocycles. The fraction of sp³-hybridized carbons (Fsp3) is 0.0690. The summed E-state index contributed by atoms with van der Waals surface area (Å²) >= 11 is 0. The highest BCUT2D eigenvalue weighted by Crippen LogP contribution is 2.22. The molecule has 0 spiro atoms. The first kappa shape index (κ1) is 19.4. The molecule has 3 aromatic carbocycles. The Morgan fingerprint density at radius 3 is 2.07 bits per heavy atom. The van der Waals surface area contributed by atoms with Gasteiger partial charge in [-0.3, -0.25) is 4.98 Å². The highest BCUT2D eigenvalue weighted by Gasteiger charge is 2.11. The van der Waals surface area contributed by atoms with Crippen molar-refractivity contribution in [3.63, 3.8) is 0 Å². The van der Waals surface area contributed by atoms with E-state index < -0.39 is 0 Å². The van der Waals surface area contributed by atoms with E-state index in [0.717, 1.165) is 34.4 Å². The van der Waals surface area contributed by atoms with Crippen molar-refractivity contribution in [1.29, 1.82) is 0 Å². The zero-order valence-corrected chi connectivity index (χ0v) is 17.0. The van der Waals surface area contributed by atoms with Crippen molar-refractivity contribution in [3.8, 4) is 11.8 Å². The number of nitrogens with zero attached hydrogens (tertiary/aromatic N) is 1. The van der Waals surface area contributed by atoms with E-state index in [0.29, 0.717) is 0 Å². The van der Waals surface area contributed by atoms with E-state index >= 15 is 0 Å². The Hall–Kier alpha value is -3.89. The van der Waals surface area contributed by atoms with Crippen molar-refractivity contribution >= 4 is 12.2 Å². The zero-order valence-electron chi connectivity index (χ0n) is 17.0. The van der Waals surface area contributed by atoms with Gasteiger partial charge in [-0.25, -0.2) is 0 Å². The van der Waals surface area contributed by atoms with Crippen LogP contribution < -0.4 is 0 Å². The Morgan fingerprint density at radius 2 is 1.37 bits per heavy atom. The second kappa shape index (κ2) is 9.54. The lowest BCUT2D eigenvalue weighted by Gasteiger charge is -2.11. The molecule has 0 bridgehead atoms. The molecule has 0 atom stereocenters. The largest absolute Gasteiger partial charge is 0.255 e. The van der Waals surface area contributed by atoms with Gasteiger partial charge in [-0.2, -0.15) is 0 Å². The SMILES string of the molecule is Cc1cnc(C=Cc2ccccc2)c(C#Cc2ccccc2)c1Cc1ccccc1. The number of rotatable bonds is 4. The molecule has 0 aliphatic carbocycles. The van der Waals surface area contributed by atoms with E-state index in [-0.39, 0.29) is 0 Å². The molecule has 0 aliphatic heterocycles. The standard InChI is InChI=1S/C29H23N/c1-23-22-30-29(20-18-25-13-7-3-8-14-25)27(19-17-24-11-5-2-6-12-24)28(23)21-26-15-9-4-10-16-26/h2-16,18,20,22H,21H2,1H3. The van der Waals surface area contributed by atoms with Crippen LogP contribution in [-0.4, -0.2) is 4.98 Å². The third kappa shape index (κ3) is 4.93. The Bertz CT molecular complexity index is 1200. The van der Waals surface area contributed by atoms with Crippen LogP contribution in [0.25, 0.3) is 12.2 Å². The molecule has 0 saturated carbocycles. The normalized spacial score (nSPS) is 10.6. The van der Waals surface area contributed by atoms with Gasteiger partial charge >= 0.3 is 0 Å². The molecule has 1 aromatic heterocycles. The fourth-order valence-corrected chi connectivity index (χ4v) is 3.35. The third-order valence-corrected chi connectivity index (χ3v) is 4.99. The molecule has 0 amide bonds. The van der Waals surface area contributed by atoms with E-state index in [4.69, 9.17) is 4.98 Å². The van der Waals surface area contributed by atoms with Crippen molar-refractivity contribution in [3.05, 3.63) is 136 Å². The molecule has 0 fully saturated rings. The first-order valence-corrected chi connectivity index (χ1v) is 10.1. The van der Waals surface area contributed by atoms with Gasteiger partial charge in [0.1, 0.15) is 0 Å². The molecule has 0 N–H and O–H groups in total. The second-order valence-corrected chi connectivity index (χ2v) is 7.20. The minimum atomic E-state index is 0.834. The molecule has 1 nitrogen and oxygen atoms in total. The third-order valence-electron chi connectivity index (χ3n) is 4.99. The number of benzene rings is 3. The van der Waals surface area contributed by atoms with E-state index in [9.17, 15) is 0 Å². The van der Waals surface area contributed by atoms with Crippen molar-refractivity contribution in [2.24, 2.45) is 0 Å². The van der Waals surface area contributed by atoms with Gasteiger partial charge < -0.3 is 0 Å².